The highest BCUT2D eigenvalue weighted by atomic mass is 28.4. The molecule has 3 nitrogen and oxygen atoms in total. The van der Waals surface area contributed by atoms with E-state index in [1.165, 1.54) is 57.4 Å². The minimum Gasteiger partial charge on any atom is -0.478 e. The minimum absolute atomic E-state index is 0.242. The SMILES string of the molecule is C[C@@H]1CC[C@]2(C)C3CC[C@@]4(C)C(CC[C@@H]4[C@H](C)/C=C/C(=O)O)C3C[C@H](O[Si](C)(C)C(C)(C)C)[C@@H]2C1. The summed E-state index contributed by atoms with van der Waals surface area (Å²) < 4.78 is 7.36. The number of allylic oxidation sites excluding steroid dienone is 1. The maximum Gasteiger partial charge on any atom is 0.327 e. The quantitative estimate of drug-likeness (QED) is 0.302. The van der Waals surface area contributed by atoms with E-state index in [1.54, 1.807) is 0 Å². The summed E-state index contributed by atoms with van der Waals surface area (Å²) in [6, 6.07) is 0. The number of rotatable bonds is 5. The van der Waals surface area contributed by atoms with Crippen molar-refractivity contribution in [3.05, 3.63) is 12.2 Å². The lowest BCUT2D eigenvalue weighted by atomic mass is 9.43. The van der Waals surface area contributed by atoms with Crippen LogP contribution in [0.5, 0.6) is 0 Å². The van der Waals surface area contributed by atoms with E-state index in [4.69, 9.17) is 4.43 Å². The lowest BCUT2D eigenvalue weighted by Crippen LogP contribution is -2.60. The highest BCUT2D eigenvalue weighted by Gasteiger charge is 2.63. The lowest BCUT2D eigenvalue weighted by Gasteiger charge is -2.64. The van der Waals surface area contributed by atoms with Gasteiger partial charge in [0, 0.05) is 12.2 Å². The van der Waals surface area contributed by atoms with Crippen LogP contribution in [-0.4, -0.2) is 25.5 Å². The van der Waals surface area contributed by atoms with Gasteiger partial charge in [0.15, 0.2) is 8.32 Å². The molecule has 4 aliphatic carbocycles. The van der Waals surface area contributed by atoms with Crippen LogP contribution in [0, 0.1) is 52.3 Å². The van der Waals surface area contributed by atoms with Crippen LogP contribution in [0.25, 0.3) is 0 Å². The van der Waals surface area contributed by atoms with Crippen molar-refractivity contribution < 1.29 is 14.3 Å². The zero-order chi connectivity index (χ0) is 26.0. The predicted octanol–water partition coefficient (Wildman–Crippen LogP) is 8.56. The molecule has 0 saturated heterocycles. The molecule has 35 heavy (non-hydrogen) atoms. The van der Waals surface area contributed by atoms with E-state index in [0.29, 0.717) is 34.7 Å². The Hall–Kier alpha value is -0.613. The van der Waals surface area contributed by atoms with Gasteiger partial charge in [0.1, 0.15) is 0 Å². The summed E-state index contributed by atoms with van der Waals surface area (Å²) in [5.74, 6) is 4.00. The van der Waals surface area contributed by atoms with Crippen molar-refractivity contribution in [3.63, 3.8) is 0 Å². The van der Waals surface area contributed by atoms with Gasteiger partial charge in [-0.1, -0.05) is 61.0 Å². The molecule has 0 spiro atoms. The molecule has 1 N–H and O–H groups in total. The Morgan fingerprint density at radius 3 is 2.26 bits per heavy atom. The molecule has 0 amide bonds. The van der Waals surface area contributed by atoms with E-state index < -0.39 is 14.3 Å². The molecule has 0 bridgehead atoms. The normalized spacial score (nSPS) is 45.0. The average molecular weight is 503 g/mol. The number of carboxylic acids is 1. The predicted molar refractivity (Wildman–Crippen MR) is 148 cm³/mol. The maximum absolute atomic E-state index is 11.2. The molecule has 0 aliphatic heterocycles. The molecule has 200 valence electrons. The van der Waals surface area contributed by atoms with Gasteiger partial charge in [0.05, 0.1) is 0 Å². The zero-order valence-corrected chi connectivity index (χ0v) is 25.2. The number of carboxylic acid groups (broad SMARTS) is 1. The zero-order valence-electron chi connectivity index (χ0n) is 24.2. The third-order valence-electron chi connectivity index (χ3n) is 12.4. The molecule has 4 fully saturated rings. The van der Waals surface area contributed by atoms with E-state index in [1.807, 2.05) is 6.08 Å². The summed E-state index contributed by atoms with van der Waals surface area (Å²) in [7, 11) is -1.85. The fourth-order valence-corrected chi connectivity index (χ4v) is 10.8. The molecule has 0 aromatic carbocycles. The second-order valence-corrected chi connectivity index (χ2v) is 20.1. The second-order valence-electron chi connectivity index (χ2n) is 15.3. The van der Waals surface area contributed by atoms with Crippen LogP contribution in [0.3, 0.4) is 0 Å². The molecule has 0 aromatic heterocycles. The largest absolute Gasteiger partial charge is 0.478 e. The van der Waals surface area contributed by atoms with Crippen LogP contribution < -0.4 is 0 Å². The summed E-state index contributed by atoms with van der Waals surface area (Å²) >= 11 is 0. The van der Waals surface area contributed by atoms with Gasteiger partial charge in [-0.15, -0.1) is 0 Å². The number of carbonyl (C=O) groups is 1. The second kappa shape index (κ2) is 9.29. The van der Waals surface area contributed by atoms with Crippen LogP contribution in [-0.2, 0) is 9.22 Å². The molecule has 0 aromatic rings. The van der Waals surface area contributed by atoms with Crippen LogP contribution >= 0.6 is 0 Å². The van der Waals surface area contributed by atoms with E-state index in [-0.39, 0.29) is 5.04 Å². The number of hydrogen-bond acceptors (Lipinski definition) is 2. The van der Waals surface area contributed by atoms with Crippen molar-refractivity contribution in [1.82, 2.24) is 0 Å². The van der Waals surface area contributed by atoms with E-state index in [2.05, 4.69) is 61.6 Å². The Labute approximate surface area is 217 Å². The van der Waals surface area contributed by atoms with Gasteiger partial charge >= 0.3 is 5.97 Å². The summed E-state index contributed by atoms with van der Waals surface area (Å²) in [5.41, 5.74) is 0.743. The van der Waals surface area contributed by atoms with Crippen LogP contribution in [0.15, 0.2) is 12.2 Å². The third kappa shape index (κ3) is 4.73. The molecule has 4 rings (SSSR count). The molecular formula is C31H54O3Si. The summed E-state index contributed by atoms with van der Waals surface area (Å²) in [5, 5.41) is 9.44. The smallest absolute Gasteiger partial charge is 0.327 e. The first-order valence-corrected chi connectivity index (χ1v) is 17.6. The topological polar surface area (TPSA) is 46.5 Å². The van der Waals surface area contributed by atoms with Crippen LogP contribution in [0.1, 0.15) is 99.8 Å². The Morgan fingerprint density at radius 1 is 1.00 bits per heavy atom. The van der Waals surface area contributed by atoms with Crippen molar-refractivity contribution in [2.45, 2.75) is 124 Å². The number of fused-ring (bicyclic) bond motifs is 5. The third-order valence-corrected chi connectivity index (χ3v) is 16.9. The lowest BCUT2D eigenvalue weighted by molar-refractivity contribution is -0.160. The van der Waals surface area contributed by atoms with Gasteiger partial charge in [-0.25, -0.2) is 4.79 Å². The Morgan fingerprint density at radius 2 is 1.63 bits per heavy atom. The van der Waals surface area contributed by atoms with Crippen LogP contribution in [0.4, 0.5) is 0 Å². The Bertz CT molecular complexity index is 828. The molecule has 0 radical (unpaired) electrons. The van der Waals surface area contributed by atoms with E-state index in [9.17, 15) is 9.90 Å². The fourth-order valence-electron chi connectivity index (χ4n) is 9.43. The Kier molecular flexibility index (Phi) is 7.28. The Balaban J connectivity index is 1.65. The minimum atomic E-state index is -1.85. The molecule has 4 aliphatic rings. The standard InChI is InChI=1S/C31H54O3Si/c1-20-14-16-31(7)25-15-17-30(6)23(21(2)10-13-28(32)33)11-12-24(30)22(25)19-27(26(31)18-20)34-35(8,9)29(3,4)5/h10,13,20-27H,11-12,14-19H2,1-9H3,(H,32,33)/b13-10+/t20-,21-,22?,23-,24?,25?,26+,27+,30-,31-/m1/s1. The molecule has 3 unspecified atom stereocenters. The van der Waals surface area contributed by atoms with Crippen LogP contribution in [0.2, 0.25) is 18.1 Å². The fraction of sp³-hybridized carbons (Fsp3) is 0.903. The number of aliphatic carboxylic acids is 1. The first kappa shape index (κ1) is 27.4. The molecule has 10 atom stereocenters. The van der Waals surface area contributed by atoms with E-state index in [0.717, 1.165) is 23.7 Å². The van der Waals surface area contributed by atoms with Gasteiger partial charge in [0.25, 0.3) is 0 Å². The first-order valence-electron chi connectivity index (χ1n) is 14.7. The summed E-state index contributed by atoms with van der Waals surface area (Å²) in [6.07, 6.45) is 14.4. The average Bonchev–Trinajstić information content (AvgIpc) is 3.09. The van der Waals surface area contributed by atoms with Crippen molar-refractivity contribution in [1.29, 1.82) is 0 Å². The monoisotopic (exact) mass is 502 g/mol. The van der Waals surface area contributed by atoms with Gasteiger partial charge in [-0.05, 0) is 115 Å². The van der Waals surface area contributed by atoms with Gasteiger partial charge in [0.2, 0.25) is 0 Å². The van der Waals surface area contributed by atoms with Crippen molar-refractivity contribution in [2.24, 2.45) is 52.3 Å². The van der Waals surface area contributed by atoms with E-state index >= 15 is 0 Å². The van der Waals surface area contributed by atoms with Crippen molar-refractivity contribution in [2.75, 3.05) is 0 Å². The highest BCUT2D eigenvalue weighted by Crippen LogP contribution is 2.69. The number of hydrogen-bond donors (Lipinski definition) is 1. The molecule has 4 saturated carbocycles. The van der Waals surface area contributed by atoms with Gasteiger partial charge in [-0.3, -0.25) is 0 Å². The molecule has 0 heterocycles. The van der Waals surface area contributed by atoms with Gasteiger partial charge in [-0.2, -0.15) is 0 Å². The summed E-state index contributed by atoms with van der Waals surface area (Å²) in [4.78, 5) is 11.2. The van der Waals surface area contributed by atoms with Crippen molar-refractivity contribution in [3.8, 4) is 0 Å². The first-order chi connectivity index (χ1) is 16.1. The maximum atomic E-state index is 11.2. The van der Waals surface area contributed by atoms with Crippen molar-refractivity contribution >= 4 is 14.3 Å². The highest BCUT2D eigenvalue weighted by molar-refractivity contribution is 6.74. The molecule has 4 heteroatoms. The van der Waals surface area contributed by atoms with Gasteiger partial charge < -0.3 is 9.53 Å². The summed E-state index contributed by atoms with van der Waals surface area (Å²) in [6.45, 7) is 22.0. The molecular weight excluding hydrogens is 448 g/mol.